The van der Waals surface area contributed by atoms with Crippen molar-refractivity contribution < 1.29 is 4.74 Å². The van der Waals surface area contributed by atoms with Crippen molar-refractivity contribution in [3.05, 3.63) is 51.7 Å². The maximum absolute atomic E-state index is 5.96. The van der Waals surface area contributed by atoms with Gasteiger partial charge in [0.05, 0.1) is 0 Å². The highest BCUT2D eigenvalue weighted by atomic mass is 32.1. The van der Waals surface area contributed by atoms with Crippen LogP contribution >= 0.6 is 11.3 Å². The topological polar surface area (TPSA) is 21.3 Å². The van der Waals surface area contributed by atoms with Gasteiger partial charge in [-0.25, -0.2) is 0 Å². The van der Waals surface area contributed by atoms with Gasteiger partial charge in [-0.2, -0.15) is 0 Å². The number of rotatable bonds is 5. The van der Waals surface area contributed by atoms with E-state index in [4.69, 9.17) is 4.74 Å². The SMILES string of the molecule is CNC(C)c1ccc(C)cc1OCc1cccs1. The highest BCUT2D eigenvalue weighted by Gasteiger charge is 2.10. The lowest BCUT2D eigenvalue weighted by molar-refractivity contribution is 0.303. The fourth-order valence-electron chi connectivity index (χ4n) is 1.82. The van der Waals surface area contributed by atoms with E-state index in [1.54, 1.807) is 11.3 Å². The van der Waals surface area contributed by atoms with Crippen molar-refractivity contribution in [2.45, 2.75) is 26.5 Å². The van der Waals surface area contributed by atoms with E-state index in [2.05, 4.69) is 54.9 Å². The molecule has 1 heterocycles. The highest BCUT2D eigenvalue weighted by Crippen LogP contribution is 2.27. The molecule has 1 N–H and O–H groups in total. The van der Waals surface area contributed by atoms with E-state index < -0.39 is 0 Å². The Morgan fingerprint density at radius 1 is 1.33 bits per heavy atom. The first-order valence-corrected chi connectivity index (χ1v) is 7.01. The van der Waals surface area contributed by atoms with Crippen molar-refractivity contribution in [3.63, 3.8) is 0 Å². The van der Waals surface area contributed by atoms with Crippen LogP contribution in [0.3, 0.4) is 0 Å². The minimum absolute atomic E-state index is 0.295. The summed E-state index contributed by atoms with van der Waals surface area (Å²) in [5, 5.41) is 5.33. The number of ether oxygens (including phenoxy) is 1. The molecular formula is C15H19NOS. The third kappa shape index (κ3) is 3.12. The van der Waals surface area contributed by atoms with E-state index in [1.165, 1.54) is 16.0 Å². The summed E-state index contributed by atoms with van der Waals surface area (Å²) in [4.78, 5) is 1.25. The second-order valence-electron chi connectivity index (χ2n) is 4.42. The Morgan fingerprint density at radius 2 is 2.17 bits per heavy atom. The molecule has 0 aliphatic carbocycles. The summed E-state index contributed by atoms with van der Waals surface area (Å²) in [6.45, 7) is 4.87. The molecule has 0 bridgehead atoms. The predicted molar refractivity (Wildman–Crippen MR) is 77.3 cm³/mol. The molecule has 0 amide bonds. The van der Waals surface area contributed by atoms with Gasteiger partial charge in [-0.1, -0.05) is 18.2 Å². The van der Waals surface area contributed by atoms with E-state index in [1.807, 2.05) is 7.05 Å². The quantitative estimate of drug-likeness (QED) is 0.881. The molecular weight excluding hydrogens is 242 g/mol. The molecule has 3 heteroatoms. The van der Waals surface area contributed by atoms with Gasteiger partial charge in [0.1, 0.15) is 12.4 Å². The molecule has 96 valence electrons. The summed E-state index contributed by atoms with van der Waals surface area (Å²) in [6, 6.07) is 10.8. The normalized spacial score (nSPS) is 12.4. The van der Waals surface area contributed by atoms with Gasteiger partial charge in [0, 0.05) is 16.5 Å². The van der Waals surface area contributed by atoms with Crippen LogP contribution < -0.4 is 10.1 Å². The monoisotopic (exact) mass is 261 g/mol. The molecule has 1 atom stereocenters. The Morgan fingerprint density at radius 3 is 2.83 bits per heavy atom. The average molecular weight is 261 g/mol. The second kappa shape index (κ2) is 6.03. The minimum Gasteiger partial charge on any atom is -0.488 e. The van der Waals surface area contributed by atoms with Crippen molar-refractivity contribution in [2.75, 3.05) is 7.05 Å². The Bertz CT molecular complexity index is 493. The highest BCUT2D eigenvalue weighted by molar-refractivity contribution is 7.09. The number of nitrogens with one attached hydrogen (secondary N) is 1. The first kappa shape index (κ1) is 13.1. The molecule has 1 unspecified atom stereocenters. The van der Waals surface area contributed by atoms with Gasteiger partial charge in [-0.15, -0.1) is 11.3 Å². The van der Waals surface area contributed by atoms with Crippen molar-refractivity contribution in [1.29, 1.82) is 0 Å². The zero-order chi connectivity index (χ0) is 13.0. The van der Waals surface area contributed by atoms with Crippen LogP contribution in [0.1, 0.15) is 29.0 Å². The number of thiophene rings is 1. The minimum atomic E-state index is 0.295. The molecule has 18 heavy (non-hydrogen) atoms. The van der Waals surface area contributed by atoms with Gasteiger partial charge in [0.15, 0.2) is 0 Å². The Balaban J connectivity index is 2.17. The van der Waals surface area contributed by atoms with Crippen LogP contribution in [0.5, 0.6) is 5.75 Å². The third-order valence-corrected chi connectivity index (χ3v) is 3.87. The van der Waals surface area contributed by atoms with Crippen LogP contribution in [0.25, 0.3) is 0 Å². The molecule has 2 rings (SSSR count). The van der Waals surface area contributed by atoms with Crippen molar-refractivity contribution >= 4 is 11.3 Å². The largest absolute Gasteiger partial charge is 0.488 e. The summed E-state index contributed by atoms with van der Waals surface area (Å²) < 4.78 is 5.96. The molecule has 1 aromatic carbocycles. The molecule has 1 aromatic heterocycles. The zero-order valence-electron chi connectivity index (χ0n) is 11.1. The second-order valence-corrected chi connectivity index (χ2v) is 5.45. The van der Waals surface area contributed by atoms with Gasteiger partial charge in [-0.05, 0) is 44.0 Å². The van der Waals surface area contributed by atoms with E-state index in [0.717, 1.165) is 5.75 Å². The van der Waals surface area contributed by atoms with Gasteiger partial charge in [0.25, 0.3) is 0 Å². The molecule has 0 saturated carbocycles. The van der Waals surface area contributed by atoms with Crippen LogP contribution in [0, 0.1) is 6.92 Å². The summed E-state index contributed by atoms with van der Waals surface area (Å²) in [5.74, 6) is 0.977. The van der Waals surface area contributed by atoms with Gasteiger partial charge < -0.3 is 10.1 Å². The molecule has 0 spiro atoms. The number of aryl methyl sites for hydroxylation is 1. The maximum Gasteiger partial charge on any atom is 0.124 e. The summed E-state index contributed by atoms with van der Waals surface area (Å²) in [5.41, 5.74) is 2.43. The first-order chi connectivity index (χ1) is 8.70. The Hall–Kier alpha value is -1.32. The van der Waals surface area contributed by atoms with Gasteiger partial charge >= 0.3 is 0 Å². The lowest BCUT2D eigenvalue weighted by atomic mass is 10.1. The molecule has 0 aliphatic heterocycles. The van der Waals surface area contributed by atoms with Gasteiger partial charge in [-0.3, -0.25) is 0 Å². The Labute approximate surface area is 113 Å². The predicted octanol–water partition coefficient (Wildman–Crippen LogP) is 3.92. The molecule has 0 saturated heterocycles. The summed E-state index contributed by atoms with van der Waals surface area (Å²) in [7, 11) is 1.97. The fraction of sp³-hybridized carbons (Fsp3) is 0.333. The van der Waals surface area contributed by atoms with E-state index in [9.17, 15) is 0 Å². The van der Waals surface area contributed by atoms with Crippen LogP contribution in [0.4, 0.5) is 0 Å². The maximum atomic E-state index is 5.96. The standard InChI is InChI=1S/C15H19NOS/c1-11-6-7-14(12(2)16-3)15(9-11)17-10-13-5-4-8-18-13/h4-9,12,16H,10H2,1-3H3. The van der Waals surface area contributed by atoms with E-state index in [-0.39, 0.29) is 0 Å². The van der Waals surface area contributed by atoms with Crippen molar-refractivity contribution in [3.8, 4) is 5.75 Å². The van der Waals surface area contributed by atoms with E-state index >= 15 is 0 Å². The van der Waals surface area contributed by atoms with Crippen LogP contribution in [0.2, 0.25) is 0 Å². The average Bonchev–Trinajstić information content (AvgIpc) is 2.88. The van der Waals surface area contributed by atoms with Gasteiger partial charge in [0.2, 0.25) is 0 Å². The zero-order valence-corrected chi connectivity index (χ0v) is 11.9. The van der Waals surface area contributed by atoms with Crippen LogP contribution in [0.15, 0.2) is 35.7 Å². The summed E-state index contributed by atoms with van der Waals surface area (Å²) >= 11 is 1.73. The molecule has 0 aliphatic rings. The fourth-order valence-corrected chi connectivity index (χ4v) is 2.44. The number of hydrogen-bond acceptors (Lipinski definition) is 3. The first-order valence-electron chi connectivity index (χ1n) is 6.13. The van der Waals surface area contributed by atoms with Crippen molar-refractivity contribution in [2.24, 2.45) is 0 Å². The van der Waals surface area contributed by atoms with Crippen LogP contribution in [-0.2, 0) is 6.61 Å². The Kier molecular flexibility index (Phi) is 4.39. The third-order valence-electron chi connectivity index (χ3n) is 3.02. The molecule has 2 nitrogen and oxygen atoms in total. The molecule has 0 radical (unpaired) electrons. The van der Waals surface area contributed by atoms with Crippen LogP contribution in [-0.4, -0.2) is 7.05 Å². The lowest BCUT2D eigenvalue weighted by Crippen LogP contribution is -2.13. The molecule has 2 aromatic rings. The summed E-state index contributed by atoms with van der Waals surface area (Å²) in [6.07, 6.45) is 0. The smallest absolute Gasteiger partial charge is 0.124 e. The lowest BCUT2D eigenvalue weighted by Gasteiger charge is -2.17. The molecule has 0 fully saturated rings. The van der Waals surface area contributed by atoms with Crippen molar-refractivity contribution in [1.82, 2.24) is 5.32 Å². The number of benzene rings is 1. The number of hydrogen-bond donors (Lipinski definition) is 1. The van der Waals surface area contributed by atoms with E-state index in [0.29, 0.717) is 12.6 Å².